The SMILES string of the molecule is CCCCN1Cc2ccc(C#N)cc2C1C. The minimum absolute atomic E-state index is 0.467. The molecule has 0 amide bonds. The summed E-state index contributed by atoms with van der Waals surface area (Å²) in [6.45, 7) is 6.67. The summed E-state index contributed by atoms with van der Waals surface area (Å²) >= 11 is 0. The molecule has 1 aromatic rings. The molecule has 2 nitrogen and oxygen atoms in total. The van der Waals surface area contributed by atoms with Gasteiger partial charge in [-0.15, -0.1) is 0 Å². The van der Waals surface area contributed by atoms with Crippen molar-refractivity contribution in [1.29, 1.82) is 5.26 Å². The van der Waals surface area contributed by atoms with Crippen LogP contribution >= 0.6 is 0 Å². The standard InChI is InChI=1S/C14H18N2/c1-3-4-7-16-10-13-6-5-12(9-15)8-14(13)11(16)2/h5-6,8,11H,3-4,7,10H2,1-2H3. The maximum Gasteiger partial charge on any atom is 0.0991 e. The number of fused-ring (bicyclic) bond motifs is 1. The third kappa shape index (κ3) is 1.96. The first-order valence-corrected chi connectivity index (χ1v) is 6.03. The van der Waals surface area contributed by atoms with Crippen molar-refractivity contribution < 1.29 is 0 Å². The summed E-state index contributed by atoms with van der Waals surface area (Å²) in [5, 5.41) is 8.90. The van der Waals surface area contributed by atoms with Gasteiger partial charge >= 0.3 is 0 Å². The second kappa shape index (κ2) is 4.67. The molecule has 1 heterocycles. The molecule has 0 saturated carbocycles. The maximum absolute atomic E-state index is 8.90. The van der Waals surface area contributed by atoms with Crippen molar-refractivity contribution >= 4 is 0 Å². The highest BCUT2D eigenvalue weighted by molar-refractivity contribution is 5.41. The van der Waals surface area contributed by atoms with Crippen LogP contribution in [0.15, 0.2) is 18.2 Å². The van der Waals surface area contributed by atoms with Gasteiger partial charge in [-0.2, -0.15) is 5.26 Å². The minimum atomic E-state index is 0.467. The van der Waals surface area contributed by atoms with Crippen LogP contribution in [0.2, 0.25) is 0 Å². The van der Waals surface area contributed by atoms with Crippen LogP contribution in [0.5, 0.6) is 0 Å². The van der Waals surface area contributed by atoms with Crippen molar-refractivity contribution in [3.63, 3.8) is 0 Å². The molecule has 0 spiro atoms. The lowest BCUT2D eigenvalue weighted by Crippen LogP contribution is -2.21. The fourth-order valence-electron chi connectivity index (χ4n) is 2.38. The number of hydrogen-bond donors (Lipinski definition) is 0. The highest BCUT2D eigenvalue weighted by Crippen LogP contribution is 2.33. The monoisotopic (exact) mass is 214 g/mol. The molecule has 1 unspecified atom stereocenters. The summed E-state index contributed by atoms with van der Waals surface area (Å²) in [7, 11) is 0. The van der Waals surface area contributed by atoms with Crippen molar-refractivity contribution in [2.45, 2.75) is 39.3 Å². The maximum atomic E-state index is 8.90. The molecule has 0 bridgehead atoms. The van der Waals surface area contributed by atoms with Gasteiger partial charge in [-0.3, -0.25) is 4.90 Å². The number of nitrogens with zero attached hydrogens (tertiary/aromatic N) is 2. The summed E-state index contributed by atoms with van der Waals surface area (Å²) in [6, 6.07) is 8.76. The lowest BCUT2D eigenvalue weighted by Gasteiger charge is -2.20. The first kappa shape index (κ1) is 11.2. The minimum Gasteiger partial charge on any atom is -0.292 e. The molecule has 1 atom stereocenters. The Bertz CT molecular complexity index is 417. The first-order valence-electron chi connectivity index (χ1n) is 6.03. The highest BCUT2D eigenvalue weighted by atomic mass is 15.2. The van der Waals surface area contributed by atoms with E-state index in [1.807, 2.05) is 12.1 Å². The normalized spacial score (nSPS) is 19.4. The topological polar surface area (TPSA) is 27.0 Å². The molecule has 0 aliphatic carbocycles. The van der Waals surface area contributed by atoms with Gasteiger partial charge in [0, 0.05) is 12.6 Å². The molecule has 2 heteroatoms. The molecular formula is C14H18N2. The number of unbranched alkanes of at least 4 members (excludes halogenated alkanes) is 1. The summed E-state index contributed by atoms with van der Waals surface area (Å²) in [4.78, 5) is 2.50. The van der Waals surface area contributed by atoms with E-state index in [0.717, 1.165) is 18.7 Å². The van der Waals surface area contributed by atoms with Gasteiger partial charge < -0.3 is 0 Å². The Morgan fingerprint density at radius 3 is 3.00 bits per heavy atom. The van der Waals surface area contributed by atoms with E-state index in [1.54, 1.807) is 0 Å². The van der Waals surface area contributed by atoms with Crippen LogP contribution in [0.25, 0.3) is 0 Å². The molecular weight excluding hydrogens is 196 g/mol. The predicted octanol–water partition coefficient (Wildman–Crippen LogP) is 3.23. The molecule has 1 aliphatic heterocycles. The van der Waals surface area contributed by atoms with Crippen LogP contribution in [0.4, 0.5) is 0 Å². The Labute approximate surface area is 97.5 Å². The van der Waals surface area contributed by atoms with Gasteiger partial charge in [0.25, 0.3) is 0 Å². The van der Waals surface area contributed by atoms with Crippen LogP contribution in [-0.4, -0.2) is 11.4 Å². The van der Waals surface area contributed by atoms with Crippen LogP contribution in [0, 0.1) is 11.3 Å². The molecule has 0 fully saturated rings. The quantitative estimate of drug-likeness (QED) is 0.772. The van der Waals surface area contributed by atoms with Gasteiger partial charge in [-0.05, 0) is 43.1 Å². The van der Waals surface area contributed by atoms with Gasteiger partial charge in [0.05, 0.1) is 11.6 Å². The summed E-state index contributed by atoms with van der Waals surface area (Å²) < 4.78 is 0. The molecule has 16 heavy (non-hydrogen) atoms. The van der Waals surface area contributed by atoms with Crippen molar-refractivity contribution in [3.8, 4) is 6.07 Å². The van der Waals surface area contributed by atoms with E-state index in [1.165, 1.54) is 24.0 Å². The third-order valence-electron chi connectivity index (χ3n) is 3.45. The van der Waals surface area contributed by atoms with Crippen molar-refractivity contribution in [2.24, 2.45) is 0 Å². The Hall–Kier alpha value is -1.33. The smallest absolute Gasteiger partial charge is 0.0991 e. The second-order valence-corrected chi connectivity index (χ2v) is 4.53. The zero-order valence-electron chi connectivity index (χ0n) is 10.0. The Kier molecular flexibility index (Phi) is 3.26. The molecule has 0 saturated heterocycles. The van der Waals surface area contributed by atoms with Crippen molar-refractivity contribution in [1.82, 2.24) is 4.90 Å². The number of benzene rings is 1. The number of nitriles is 1. The molecule has 2 rings (SSSR count). The van der Waals surface area contributed by atoms with E-state index in [0.29, 0.717) is 6.04 Å². The summed E-state index contributed by atoms with van der Waals surface area (Å²) in [6.07, 6.45) is 2.49. The largest absolute Gasteiger partial charge is 0.292 e. The summed E-state index contributed by atoms with van der Waals surface area (Å²) in [5.41, 5.74) is 3.51. The van der Waals surface area contributed by atoms with Gasteiger partial charge in [0.2, 0.25) is 0 Å². The molecule has 84 valence electrons. The Morgan fingerprint density at radius 1 is 1.50 bits per heavy atom. The van der Waals surface area contributed by atoms with E-state index >= 15 is 0 Å². The van der Waals surface area contributed by atoms with Crippen molar-refractivity contribution in [3.05, 3.63) is 34.9 Å². The number of hydrogen-bond acceptors (Lipinski definition) is 2. The van der Waals surface area contributed by atoms with Gasteiger partial charge in [0.15, 0.2) is 0 Å². The van der Waals surface area contributed by atoms with Crippen molar-refractivity contribution in [2.75, 3.05) is 6.54 Å². The van der Waals surface area contributed by atoms with Gasteiger partial charge in [0.1, 0.15) is 0 Å². The second-order valence-electron chi connectivity index (χ2n) is 4.53. The average Bonchev–Trinajstić information content (AvgIpc) is 2.63. The van der Waals surface area contributed by atoms with Crippen LogP contribution in [0.1, 0.15) is 49.4 Å². The molecule has 0 aromatic heterocycles. The van der Waals surface area contributed by atoms with Gasteiger partial charge in [-0.1, -0.05) is 19.4 Å². The fraction of sp³-hybridized carbons (Fsp3) is 0.500. The zero-order valence-corrected chi connectivity index (χ0v) is 10.0. The first-order chi connectivity index (χ1) is 7.76. The molecule has 1 aliphatic rings. The van der Waals surface area contributed by atoms with E-state index < -0.39 is 0 Å². The highest BCUT2D eigenvalue weighted by Gasteiger charge is 2.25. The third-order valence-corrected chi connectivity index (χ3v) is 3.45. The van der Waals surface area contributed by atoms with Crippen LogP contribution < -0.4 is 0 Å². The van der Waals surface area contributed by atoms with E-state index in [-0.39, 0.29) is 0 Å². The van der Waals surface area contributed by atoms with Gasteiger partial charge in [-0.25, -0.2) is 0 Å². The van der Waals surface area contributed by atoms with E-state index in [2.05, 4.69) is 30.9 Å². The predicted molar refractivity (Wildman–Crippen MR) is 64.9 cm³/mol. The molecule has 0 N–H and O–H groups in total. The van der Waals surface area contributed by atoms with E-state index in [4.69, 9.17) is 5.26 Å². The lowest BCUT2D eigenvalue weighted by atomic mass is 10.0. The molecule has 1 aromatic carbocycles. The lowest BCUT2D eigenvalue weighted by molar-refractivity contribution is 0.226. The molecule has 0 radical (unpaired) electrons. The number of rotatable bonds is 3. The Balaban J connectivity index is 2.18. The average molecular weight is 214 g/mol. The zero-order chi connectivity index (χ0) is 11.5. The van der Waals surface area contributed by atoms with Crippen LogP contribution in [0.3, 0.4) is 0 Å². The summed E-state index contributed by atoms with van der Waals surface area (Å²) in [5.74, 6) is 0. The van der Waals surface area contributed by atoms with E-state index in [9.17, 15) is 0 Å². The Morgan fingerprint density at radius 2 is 2.31 bits per heavy atom. The fourth-order valence-corrected chi connectivity index (χ4v) is 2.38. The van der Waals surface area contributed by atoms with Crippen LogP contribution in [-0.2, 0) is 6.54 Å².